The molecule has 2 N–H and O–H groups in total. The molecule has 0 unspecified atom stereocenters. The Bertz CT molecular complexity index is 2160. The van der Waals surface area contributed by atoms with Crippen LogP contribution in [0.25, 0.3) is 43.1 Å². The maximum atomic E-state index is 11.2. The second-order valence-electron chi connectivity index (χ2n) is 9.67. The number of rotatable bonds is 2. The van der Waals surface area contributed by atoms with Gasteiger partial charge in [0.05, 0.1) is 9.79 Å². The fourth-order valence-electron chi connectivity index (χ4n) is 4.77. The number of para-hydroxylation sites is 1. The molecule has 0 spiro atoms. The number of anilines is 1. The summed E-state index contributed by atoms with van der Waals surface area (Å²) in [5, 5.41) is 6.34. The van der Waals surface area contributed by atoms with Crippen LogP contribution in [-0.2, 0) is 20.2 Å². The van der Waals surface area contributed by atoms with E-state index in [-0.39, 0.29) is 32.8 Å². The molecule has 0 fully saturated rings. The summed E-state index contributed by atoms with van der Waals surface area (Å²) in [6.45, 7) is 0. The molecule has 44 heavy (non-hydrogen) atoms. The van der Waals surface area contributed by atoms with Crippen molar-refractivity contribution in [1.29, 1.82) is 0 Å². The predicted octanol–water partition coefficient (Wildman–Crippen LogP) is 6.68. The van der Waals surface area contributed by atoms with Gasteiger partial charge in [-0.1, -0.05) is 91.0 Å². The zero-order valence-electron chi connectivity index (χ0n) is 23.3. The van der Waals surface area contributed by atoms with Gasteiger partial charge in [-0.2, -0.15) is 0 Å². The van der Waals surface area contributed by atoms with Crippen molar-refractivity contribution in [3.8, 4) is 0 Å². The van der Waals surface area contributed by atoms with Crippen molar-refractivity contribution in [3.05, 3.63) is 140 Å². The summed E-state index contributed by atoms with van der Waals surface area (Å²) >= 11 is 0. The summed E-state index contributed by atoms with van der Waals surface area (Å²) in [4.78, 5) is -0.323. The normalized spacial score (nSPS) is 11.2. The second-order valence-corrected chi connectivity index (χ2v) is 12.4. The molecule has 0 aliphatic heterocycles. The Morgan fingerprint density at radius 2 is 0.727 bits per heavy atom. The SMILES string of the molecule is Nc1ccccc1.O=S(=O)([O-])c1cccc2cc3ccccc3cc12.O=S(=O)([O-])c1cccc2cc3ccccc3cc12.[Mg+2]. The van der Waals surface area contributed by atoms with Gasteiger partial charge in [0.1, 0.15) is 20.2 Å². The maximum Gasteiger partial charge on any atom is 2.00 e. The minimum Gasteiger partial charge on any atom is -0.744 e. The number of nitrogens with two attached hydrogens (primary N) is 1. The van der Waals surface area contributed by atoms with E-state index in [1.54, 1.807) is 36.4 Å². The summed E-state index contributed by atoms with van der Waals surface area (Å²) in [7, 11) is -8.90. The zero-order valence-corrected chi connectivity index (χ0v) is 26.4. The van der Waals surface area contributed by atoms with Crippen LogP contribution in [0.1, 0.15) is 0 Å². The van der Waals surface area contributed by atoms with Gasteiger partial charge in [0.25, 0.3) is 0 Å². The number of fused-ring (bicyclic) bond motifs is 4. The first-order valence-electron chi connectivity index (χ1n) is 13.1. The fraction of sp³-hybridized carbons (Fsp3) is 0. The molecule has 0 atom stereocenters. The Balaban J connectivity index is 0.000000162. The Kier molecular flexibility index (Phi) is 10.3. The third-order valence-corrected chi connectivity index (χ3v) is 8.54. The van der Waals surface area contributed by atoms with E-state index < -0.39 is 20.2 Å². The molecule has 0 amide bonds. The molecule has 0 bridgehead atoms. The molecule has 0 heterocycles. The van der Waals surface area contributed by atoms with E-state index in [9.17, 15) is 25.9 Å². The van der Waals surface area contributed by atoms with E-state index in [0.29, 0.717) is 10.8 Å². The number of benzene rings is 7. The van der Waals surface area contributed by atoms with Crippen molar-refractivity contribution in [1.82, 2.24) is 0 Å². The minimum absolute atomic E-state index is 0. The molecular formula is C34H25MgNO6S2. The molecule has 10 heteroatoms. The van der Waals surface area contributed by atoms with Gasteiger partial charge in [-0.25, -0.2) is 16.8 Å². The molecule has 0 aliphatic rings. The van der Waals surface area contributed by atoms with E-state index in [4.69, 9.17) is 5.73 Å². The largest absolute Gasteiger partial charge is 2.00 e. The Morgan fingerprint density at radius 1 is 0.409 bits per heavy atom. The quantitative estimate of drug-likeness (QED) is 0.0971. The third kappa shape index (κ3) is 7.72. The van der Waals surface area contributed by atoms with Crippen LogP contribution in [0.15, 0.2) is 149 Å². The standard InChI is InChI=1S/2C14H10O3S.C6H7N.Mg/c2*15-18(16,17)14-7-3-6-12-8-10-4-1-2-5-11(10)9-13(12)14;7-6-4-2-1-3-5-6;/h2*1-9H,(H,15,16,17);1-5H,7H2;/q;;;+2/p-2. The van der Waals surface area contributed by atoms with Crippen molar-refractivity contribution in [2.24, 2.45) is 0 Å². The van der Waals surface area contributed by atoms with Crippen molar-refractivity contribution in [2.45, 2.75) is 9.79 Å². The first-order chi connectivity index (χ1) is 20.5. The van der Waals surface area contributed by atoms with E-state index >= 15 is 0 Å². The van der Waals surface area contributed by atoms with Gasteiger partial charge in [0, 0.05) is 5.69 Å². The molecule has 0 radical (unpaired) electrons. The number of hydrogen-bond acceptors (Lipinski definition) is 7. The summed E-state index contributed by atoms with van der Waals surface area (Å²) in [5.41, 5.74) is 6.18. The van der Waals surface area contributed by atoms with Crippen LogP contribution in [0.2, 0.25) is 0 Å². The average Bonchev–Trinajstić information content (AvgIpc) is 2.98. The van der Waals surface area contributed by atoms with Crippen LogP contribution >= 0.6 is 0 Å². The van der Waals surface area contributed by atoms with E-state index in [0.717, 1.165) is 38.0 Å². The molecule has 216 valence electrons. The molecule has 7 aromatic carbocycles. The third-order valence-electron chi connectivity index (χ3n) is 6.75. The number of hydrogen-bond donors (Lipinski definition) is 1. The van der Waals surface area contributed by atoms with Gasteiger partial charge in [-0.05, 0) is 91.6 Å². The average molecular weight is 632 g/mol. The summed E-state index contributed by atoms with van der Waals surface area (Å²) in [6, 6.07) is 41.5. The molecule has 7 rings (SSSR count). The Labute approximate surface area is 271 Å². The van der Waals surface area contributed by atoms with Crippen molar-refractivity contribution >= 4 is 92.1 Å². The van der Waals surface area contributed by atoms with E-state index in [1.807, 2.05) is 91.0 Å². The van der Waals surface area contributed by atoms with E-state index in [2.05, 4.69) is 0 Å². The van der Waals surface area contributed by atoms with Crippen molar-refractivity contribution < 1.29 is 25.9 Å². The molecular weight excluding hydrogens is 607 g/mol. The van der Waals surface area contributed by atoms with Crippen molar-refractivity contribution in [2.75, 3.05) is 5.73 Å². The second kappa shape index (κ2) is 13.7. The Morgan fingerprint density at radius 3 is 1.05 bits per heavy atom. The smallest absolute Gasteiger partial charge is 0.744 e. The van der Waals surface area contributed by atoms with Crippen molar-refractivity contribution in [3.63, 3.8) is 0 Å². The van der Waals surface area contributed by atoms with Gasteiger partial charge in [0.2, 0.25) is 0 Å². The van der Waals surface area contributed by atoms with Crippen LogP contribution < -0.4 is 5.73 Å². The summed E-state index contributed by atoms with van der Waals surface area (Å²) < 4.78 is 67.4. The van der Waals surface area contributed by atoms with Crippen LogP contribution in [0.4, 0.5) is 5.69 Å². The first kappa shape index (κ1) is 32.9. The van der Waals surface area contributed by atoms with Gasteiger partial charge in [-0.3, -0.25) is 0 Å². The van der Waals surface area contributed by atoms with Crippen LogP contribution in [0, 0.1) is 0 Å². The topological polar surface area (TPSA) is 140 Å². The number of nitrogen functional groups attached to an aromatic ring is 1. The maximum absolute atomic E-state index is 11.2. The van der Waals surface area contributed by atoms with Gasteiger partial charge < -0.3 is 14.8 Å². The van der Waals surface area contributed by atoms with Gasteiger partial charge >= 0.3 is 23.1 Å². The molecule has 0 saturated carbocycles. The molecule has 7 aromatic rings. The Hall–Kier alpha value is -4.03. The summed E-state index contributed by atoms with van der Waals surface area (Å²) in [5.74, 6) is 0. The monoisotopic (exact) mass is 631 g/mol. The van der Waals surface area contributed by atoms with Crippen LogP contribution in [-0.4, -0.2) is 49.0 Å². The molecule has 0 aromatic heterocycles. The zero-order chi connectivity index (χ0) is 30.6. The van der Waals surface area contributed by atoms with Gasteiger partial charge in [0.15, 0.2) is 0 Å². The van der Waals surface area contributed by atoms with Crippen LogP contribution in [0.3, 0.4) is 0 Å². The molecule has 7 nitrogen and oxygen atoms in total. The van der Waals surface area contributed by atoms with Crippen LogP contribution in [0.5, 0.6) is 0 Å². The summed E-state index contributed by atoms with van der Waals surface area (Å²) in [6.07, 6.45) is 0. The molecule has 0 saturated heterocycles. The molecule has 0 aliphatic carbocycles. The predicted molar refractivity (Wildman–Crippen MR) is 175 cm³/mol. The minimum atomic E-state index is -4.45. The van der Waals surface area contributed by atoms with E-state index in [1.165, 1.54) is 12.1 Å². The van der Waals surface area contributed by atoms with Gasteiger partial charge in [-0.15, -0.1) is 0 Å². The first-order valence-corrected chi connectivity index (χ1v) is 15.9. The fourth-order valence-corrected chi connectivity index (χ4v) is 6.15.